The molecule has 0 radical (unpaired) electrons. The molecule has 0 aliphatic carbocycles. The summed E-state index contributed by atoms with van der Waals surface area (Å²) in [7, 11) is 0. The van der Waals surface area contributed by atoms with Gasteiger partial charge >= 0.3 is 0 Å². The molecular formula is C12H15ClN4OS. The molecule has 0 bridgehead atoms. The first kappa shape index (κ1) is 14.0. The van der Waals surface area contributed by atoms with Gasteiger partial charge in [-0.1, -0.05) is 18.5 Å². The van der Waals surface area contributed by atoms with Crippen molar-refractivity contribution in [3.05, 3.63) is 37.7 Å². The van der Waals surface area contributed by atoms with Gasteiger partial charge < -0.3 is 5.32 Å². The molecule has 1 N–H and O–H groups in total. The summed E-state index contributed by atoms with van der Waals surface area (Å²) in [5.74, 6) is 0. The van der Waals surface area contributed by atoms with E-state index in [4.69, 9.17) is 11.6 Å². The van der Waals surface area contributed by atoms with Crippen molar-refractivity contribution >= 4 is 28.6 Å². The maximum atomic E-state index is 11.9. The average Bonchev–Trinajstić information content (AvgIpc) is 2.80. The summed E-state index contributed by atoms with van der Waals surface area (Å²) in [5, 5.41) is 7.41. The number of anilines is 1. The van der Waals surface area contributed by atoms with Gasteiger partial charge in [0.1, 0.15) is 5.02 Å². The number of halogens is 1. The van der Waals surface area contributed by atoms with Gasteiger partial charge in [-0.05, 0) is 13.3 Å². The van der Waals surface area contributed by atoms with Gasteiger partial charge in [0.25, 0.3) is 5.56 Å². The molecule has 0 unspecified atom stereocenters. The molecule has 2 heterocycles. The van der Waals surface area contributed by atoms with Crippen molar-refractivity contribution in [1.29, 1.82) is 0 Å². The molecule has 0 spiro atoms. The molecule has 5 nitrogen and oxygen atoms in total. The van der Waals surface area contributed by atoms with E-state index in [2.05, 4.69) is 15.4 Å². The van der Waals surface area contributed by atoms with Crippen molar-refractivity contribution in [2.75, 3.05) is 5.32 Å². The Morgan fingerprint density at radius 2 is 2.32 bits per heavy atom. The Morgan fingerprint density at radius 1 is 1.53 bits per heavy atom. The first-order valence-electron chi connectivity index (χ1n) is 6.02. The van der Waals surface area contributed by atoms with E-state index in [9.17, 15) is 4.79 Å². The molecule has 2 rings (SSSR count). The summed E-state index contributed by atoms with van der Waals surface area (Å²) >= 11 is 7.64. The van der Waals surface area contributed by atoms with E-state index in [-0.39, 0.29) is 10.6 Å². The highest BCUT2D eigenvalue weighted by Gasteiger charge is 2.09. The highest BCUT2D eigenvalue weighted by Crippen LogP contribution is 2.19. The number of hydrogen-bond acceptors (Lipinski definition) is 5. The van der Waals surface area contributed by atoms with Gasteiger partial charge in [-0.15, -0.1) is 11.3 Å². The van der Waals surface area contributed by atoms with Crippen molar-refractivity contribution in [3.63, 3.8) is 0 Å². The van der Waals surface area contributed by atoms with Crippen molar-refractivity contribution < 1.29 is 0 Å². The van der Waals surface area contributed by atoms with Crippen molar-refractivity contribution in [1.82, 2.24) is 14.8 Å². The zero-order valence-corrected chi connectivity index (χ0v) is 12.4. The third-order valence-corrected chi connectivity index (χ3v) is 4.00. The van der Waals surface area contributed by atoms with E-state index in [1.807, 2.05) is 13.8 Å². The zero-order valence-electron chi connectivity index (χ0n) is 10.8. The van der Waals surface area contributed by atoms with Crippen molar-refractivity contribution in [2.24, 2.45) is 0 Å². The molecule has 0 fully saturated rings. The number of aromatic nitrogens is 3. The van der Waals surface area contributed by atoms with Crippen LogP contribution in [0.4, 0.5) is 5.69 Å². The van der Waals surface area contributed by atoms with E-state index in [1.54, 1.807) is 23.0 Å². The lowest BCUT2D eigenvalue weighted by Crippen LogP contribution is -2.24. The fourth-order valence-corrected chi connectivity index (χ4v) is 2.56. The second kappa shape index (κ2) is 6.16. The van der Waals surface area contributed by atoms with Crippen LogP contribution in [0.5, 0.6) is 0 Å². The molecule has 2 aromatic heterocycles. The van der Waals surface area contributed by atoms with E-state index >= 15 is 0 Å². The Hall–Kier alpha value is -1.40. The highest BCUT2D eigenvalue weighted by molar-refractivity contribution is 7.09. The molecule has 0 saturated carbocycles. The largest absolute Gasteiger partial charge is 0.377 e. The van der Waals surface area contributed by atoms with Crippen LogP contribution < -0.4 is 10.9 Å². The molecule has 2 aromatic rings. The molecular weight excluding hydrogens is 284 g/mol. The van der Waals surface area contributed by atoms with Crippen molar-refractivity contribution in [2.45, 2.75) is 33.4 Å². The normalized spacial score (nSPS) is 10.7. The number of aryl methyl sites for hydroxylation is 2. The summed E-state index contributed by atoms with van der Waals surface area (Å²) in [6, 6.07) is 0. The van der Waals surface area contributed by atoms with E-state index in [0.717, 1.165) is 17.0 Å². The number of nitrogens with one attached hydrogen (secondary N) is 1. The average molecular weight is 299 g/mol. The third-order valence-electron chi connectivity index (χ3n) is 2.70. The lowest BCUT2D eigenvalue weighted by Gasteiger charge is -2.09. The van der Waals surface area contributed by atoms with Crippen molar-refractivity contribution in [3.8, 4) is 0 Å². The molecule has 0 saturated heterocycles. The van der Waals surface area contributed by atoms with Gasteiger partial charge in [0.05, 0.1) is 29.6 Å². The summed E-state index contributed by atoms with van der Waals surface area (Å²) < 4.78 is 1.38. The van der Waals surface area contributed by atoms with Crippen LogP contribution in [-0.4, -0.2) is 14.8 Å². The fraction of sp³-hybridized carbons (Fsp3) is 0.417. The first-order valence-corrected chi connectivity index (χ1v) is 7.27. The third kappa shape index (κ3) is 3.13. The number of hydrogen-bond donors (Lipinski definition) is 1. The summed E-state index contributed by atoms with van der Waals surface area (Å²) in [4.78, 5) is 17.2. The van der Waals surface area contributed by atoms with Crippen LogP contribution in [0.3, 0.4) is 0 Å². The maximum Gasteiger partial charge on any atom is 0.287 e. The van der Waals surface area contributed by atoms with Gasteiger partial charge in [0.15, 0.2) is 0 Å². The number of nitrogens with zero attached hydrogens (tertiary/aromatic N) is 3. The van der Waals surface area contributed by atoms with E-state index in [1.165, 1.54) is 4.68 Å². The van der Waals surface area contributed by atoms with Crippen LogP contribution in [0.2, 0.25) is 5.02 Å². The smallest absolute Gasteiger partial charge is 0.287 e. The number of thiazole rings is 1. The quantitative estimate of drug-likeness (QED) is 0.922. The SMILES string of the molecule is CCCn1ncc(NCc2scnc2C)c(Cl)c1=O. The van der Waals surface area contributed by atoms with Crippen LogP contribution in [0.1, 0.15) is 23.9 Å². The van der Waals surface area contributed by atoms with Crippen LogP contribution >= 0.6 is 22.9 Å². The fourth-order valence-electron chi connectivity index (χ4n) is 1.63. The standard InChI is InChI=1S/C12H15ClN4OS/c1-3-4-17-12(18)11(13)9(5-16-17)14-6-10-8(2)15-7-19-10/h5,7,14H,3-4,6H2,1-2H3. The Labute approximate surface area is 120 Å². The second-order valence-corrected chi connectivity index (χ2v) is 5.43. The molecule has 19 heavy (non-hydrogen) atoms. The molecule has 0 atom stereocenters. The Balaban J connectivity index is 2.16. The Bertz CT molecular complexity index is 622. The van der Waals surface area contributed by atoms with Crippen LogP contribution in [-0.2, 0) is 13.1 Å². The van der Waals surface area contributed by atoms with Gasteiger partial charge in [0, 0.05) is 11.4 Å². The Morgan fingerprint density at radius 3 is 2.95 bits per heavy atom. The predicted octanol–water partition coefficient (Wildman–Crippen LogP) is 2.68. The van der Waals surface area contributed by atoms with Gasteiger partial charge in [-0.25, -0.2) is 9.67 Å². The molecule has 0 aliphatic heterocycles. The molecule has 7 heteroatoms. The monoisotopic (exact) mass is 298 g/mol. The highest BCUT2D eigenvalue weighted by atomic mass is 35.5. The number of rotatable bonds is 5. The first-order chi connectivity index (χ1) is 9.13. The maximum absolute atomic E-state index is 11.9. The predicted molar refractivity (Wildman–Crippen MR) is 78.0 cm³/mol. The second-order valence-electron chi connectivity index (χ2n) is 4.12. The molecule has 102 valence electrons. The Kier molecular flexibility index (Phi) is 4.55. The minimum atomic E-state index is -0.255. The summed E-state index contributed by atoms with van der Waals surface area (Å²) in [6.45, 7) is 5.11. The molecule has 0 amide bonds. The van der Waals surface area contributed by atoms with E-state index < -0.39 is 0 Å². The van der Waals surface area contributed by atoms with Gasteiger partial charge in [0.2, 0.25) is 0 Å². The lowest BCUT2D eigenvalue weighted by atomic mass is 10.3. The van der Waals surface area contributed by atoms with Gasteiger partial charge in [-0.2, -0.15) is 5.10 Å². The zero-order chi connectivity index (χ0) is 13.8. The summed E-state index contributed by atoms with van der Waals surface area (Å²) in [6.07, 6.45) is 2.44. The van der Waals surface area contributed by atoms with E-state index in [0.29, 0.717) is 18.8 Å². The van der Waals surface area contributed by atoms with Crippen LogP contribution in [0.15, 0.2) is 16.5 Å². The topological polar surface area (TPSA) is 59.8 Å². The van der Waals surface area contributed by atoms with Gasteiger partial charge in [-0.3, -0.25) is 4.79 Å². The van der Waals surface area contributed by atoms with Crippen LogP contribution in [0, 0.1) is 6.92 Å². The summed E-state index contributed by atoms with van der Waals surface area (Å²) in [5.41, 5.74) is 3.09. The molecule has 0 aromatic carbocycles. The minimum absolute atomic E-state index is 0.186. The molecule has 0 aliphatic rings. The van der Waals surface area contributed by atoms with Crippen LogP contribution in [0.25, 0.3) is 0 Å². The minimum Gasteiger partial charge on any atom is -0.377 e. The lowest BCUT2D eigenvalue weighted by molar-refractivity contribution is 0.568.